The summed E-state index contributed by atoms with van der Waals surface area (Å²) in [6.07, 6.45) is 2.20. The number of nitrogens with zero attached hydrogens (tertiary/aromatic N) is 3. The van der Waals surface area contributed by atoms with Crippen LogP contribution in [0.25, 0.3) is 0 Å². The fourth-order valence-corrected chi connectivity index (χ4v) is 5.85. The lowest BCUT2D eigenvalue weighted by Gasteiger charge is -2.29. The molecule has 1 unspecified atom stereocenters. The van der Waals surface area contributed by atoms with Crippen molar-refractivity contribution in [1.29, 1.82) is 0 Å². The minimum Gasteiger partial charge on any atom is -0.489 e. The number of benzene rings is 3. The number of fused-ring (bicyclic) bond motifs is 1. The maximum absolute atomic E-state index is 13.9. The fraction of sp³-hybridized carbons (Fsp3) is 0.281. The highest BCUT2D eigenvalue weighted by molar-refractivity contribution is 9.10. The Balaban J connectivity index is 1.45. The quantitative estimate of drug-likeness (QED) is 0.136. The Morgan fingerprint density at radius 2 is 1.83 bits per heavy atom. The topological polar surface area (TPSA) is 81.1 Å². The predicted octanol–water partition coefficient (Wildman–Crippen LogP) is 8.06. The molecule has 1 aromatic heterocycles. The smallest absolute Gasteiger partial charge is 0.255 e. The number of allylic oxidation sites excluding steroid dienone is 1. The molecule has 1 atom stereocenters. The number of halogens is 1. The molecule has 7 nitrogen and oxygen atoms in total. The molecule has 4 aromatic rings. The number of nitrogens with one attached hydrogen (secondary N) is 2. The first-order valence-electron chi connectivity index (χ1n) is 13.8. The fourth-order valence-electron chi connectivity index (χ4n) is 4.67. The lowest BCUT2D eigenvalue weighted by atomic mass is 9.94. The second kappa shape index (κ2) is 13.0. The molecular weight excluding hydrogens is 598 g/mol. The van der Waals surface area contributed by atoms with E-state index in [4.69, 9.17) is 14.8 Å². The number of aromatic nitrogens is 3. The first-order valence-corrected chi connectivity index (χ1v) is 15.5. The van der Waals surface area contributed by atoms with E-state index in [1.54, 1.807) is 11.8 Å². The minimum absolute atomic E-state index is 0.175. The summed E-state index contributed by atoms with van der Waals surface area (Å²) >= 11 is 5.11. The molecule has 0 aliphatic carbocycles. The molecule has 1 aliphatic heterocycles. The minimum atomic E-state index is -0.454. The van der Waals surface area contributed by atoms with Gasteiger partial charge in [0.1, 0.15) is 18.4 Å². The molecule has 0 saturated carbocycles. The van der Waals surface area contributed by atoms with Gasteiger partial charge in [-0.3, -0.25) is 4.79 Å². The summed E-state index contributed by atoms with van der Waals surface area (Å²) in [5, 5.41) is 12.0. The van der Waals surface area contributed by atoms with Gasteiger partial charge in [0.05, 0.1) is 5.57 Å². The Kier molecular flexibility index (Phi) is 9.15. The summed E-state index contributed by atoms with van der Waals surface area (Å²) < 4.78 is 8.91. The molecule has 0 fully saturated rings. The molecule has 41 heavy (non-hydrogen) atoms. The van der Waals surface area contributed by atoms with Gasteiger partial charge in [-0.1, -0.05) is 77.4 Å². The van der Waals surface area contributed by atoms with Crippen molar-refractivity contribution in [3.05, 3.63) is 105 Å². The largest absolute Gasteiger partial charge is 0.489 e. The second-order valence-electron chi connectivity index (χ2n) is 10.1. The van der Waals surface area contributed by atoms with Crippen LogP contribution in [0.2, 0.25) is 0 Å². The molecule has 2 N–H and O–H groups in total. The Hall–Kier alpha value is -3.56. The average molecular weight is 633 g/mol. The summed E-state index contributed by atoms with van der Waals surface area (Å²) in [6.45, 7) is 8.62. The van der Waals surface area contributed by atoms with Crippen LogP contribution in [-0.4, -0.2) is 26.4 Å². The van der Waals surface area contributed by atoms with Gasteiger partial charge in [-0.25, -0.2) is 4.68 Å². The number of aryl methyl sites for hydroxylation is 1. The maximum atomic E-state index is 13.9. The Bertz CT molecular complexity index is 1560. The zero-order chi connectivity index (χ0) is 28.9. The summed E-state index contributed by atoms with van der Waals surface area (Å²) in [5.74, 6) is 2.15. The van der Waals surface area contributed by atoms with E-state index in [9.17, 15) is 4.79 Å². The van der Waals surface area contributed by atoms with E-state index < -0.39 is 6.04 Å². The number of rotatable bonds is 10. The molecule has 0 radical (unpaired) electrons. The van der Waals surface area contributed by atoms with Gasteiger partial charge in [-0.2, -0.15) is 4.98 Å². The number of unbranched alkanes of at least 4 members (excludes halogenated alkanes) is 1. The number of thioether (sulfide) groups is 1. The van der Waals surface area contributed by atoms with E-state index in [0.29, 0.717) is 23.3 Å². The average Bonchev–Trinajstić information content (AvgIpc) is 3.37. The van der Waals surface area contributed by atoms with Gasteiger partial charge in [0.25, 0.3) is 5.91 Å². The third-order valence-electron chi connectivity index (χ3n) is 7.17. The molecule has 0 spiro atoms. The monoisotopic (exact) mass is 631 g/mol. The number of hydrogen-bond donors (Lipinski definition) is 2. The Morgan fingerprint density at radius 3 is 2.56 bits per heavy atom. The molecule has 0 saturated heterocycles. The number of anilines is 2. The molecule has 212 valence electrons. The van der Waals surface area contributed by atoms with Crippen LogP contribution in [0, 0.1) is 13.8 Å². The van der Waals surface area contributed by atoms with Gasteiger partial charge in [-0.15, -0.1) is 5.10 Å². The molecule has 2 heterocycles. The van der Waals surface area contributed by atoms with Crippen molar-refractivity contribution in [1.82, 2.24) is 14.8 Å². The molecule has 9 heteroatoms. The van der Waals surface area contributed by atoms with Crippen LogP contribution in [0.5, 0.6) is 5.75 Å². The highest BCUT2D eigenvalue weighted by atomic mass is 79.9. The number of amides is 1. The summed E-state index contributed by atoms with van der Waals surface area (Å²) in [4.78, 5) is 18.6. The number of carbonyl (C=O) groups is 1. The third-order valence-corrected chi connectivity index (χ3v) is 8.63. The van der Waals surface area contributed by atoms with Crippen LogP contribution in [0.3, 0.4) is 0 Å². The van der Waals surface area contributed by atoms with Gasteiger partial charge in [-0.05, 0) is 79.8 Å². The molecule has 1 aliphatic rings. The zero-order valence-electron chi connectivity index (χ0n) is 23.7. The van der Waals surface area contributed by atoms with Crippen molar-refractivity contribution in [3.63, 3.8) is 0 Å². The van der Waals surface area contributed by atoms with Gasteiger partial charge < -0.3 is 15.4 Å². The number of carbonyl (C=O) groups excluding carboxylic acids is 1. The SMILES string of the molecule is CCCCSc1nc2n(n1)C(c1ccc(OCc3ccc(Br)cc3)cc1)C(C(=O)Nc1cccc(C)c1C)=C(C)N2. The van der Waals surface area contributed by atoms with E-state index in [1.165, 1.54) is 0 Å². The third kappa shape index (κ3) is 6.68. The Morgan fingerprint density at radius 1 is 1.07 bits per heavy atom. The van der Waals surface area contributed by atoms with Crippen LogP contribution in [0.1, 0.15) is 55.0 Å². The molecule has 3 aromatic carbocycles. The van der Waals surface area contributed by atoms with Crippen molar-refractivity contribution in [3.8, 4) is 5.75 Å². The van der Waals surface area contributed by atoms with Crippen molar-refractivity contribution < 1.29 is 9.53 Å². The van der Waals surface area contributed by atoms with E-state index >= 15 is 0 Å². The summed E-state index contributed by atoms with van der Waals surface area (Å²) in [5.41, 5.74) is 6.31. The molecule has 5 rings (SSSR count). The van der Waals surface area contributed by atoms with Crippen LogP contribution in [-0.2, 0) is 11.4 Å². The lowest BCUT2D eigenvalue weighted by molar-refractivity contribution is -0.113. The van der Waals surface area contributed by atoms with Crippen molar-refractivity contribution in [2.75, 3.05) is 16.4 Å². The van der Waals surface area contributed by atoms with E-state index in [1.807, 2.05) is 92.2 Å². The first kappa shape index (κ1) is 29.0. The van der Waals surface area contributed by atoms with Crippen LogP contribution >= 0.6 is 27.7 Å². The van der Waals surface area contributed by atoms with Crippen molar-refractivity contribution in [2.24, 2.45) is 0 Å². The zero-order valence-corrected chi connectivity index (χ0v) is 26.1. The van der Waals surface area contributed by atoms with Gasteiger partial charge in [0, 0.05) is 21.6 Å². The Labute approximate surface area is 253 Å². The normalized spacial score (nSPS) is 14.4. The maximum Gasteiger partial charge on any atom is 0.255 e. The highest BCUT2D eigenvalue weighted by Crippen LogP contribution is 2.37. The van der Waals surface area contributed by atoms with Gasteiger partial charge >= 0.3 is 0 Å². The number of ether oxygens (including phenoxy) is 1. The van der Waals surface area contributed by atoms with Gasteiger partial charge in [0.2, 0.25) is 11.1 Å². The lowest BCUT2D eigenvalue weighted by Crippen LogP contribution is -2.31. The van der Waals surface area contributed by atoms with E-state index in [0.717, 1.165) is 62.5 Å². The summed E-state index contributed by atoms with van der Waals surface area (Å²) in [7, 11) is 0. The van der Waals surface area contributed by atoms with E-state index in [2.05, 4.69) is 33.5 Å². The van der Waals surface area contributed by atoms with Crippen LogP contribution < -0.4 is 15.4 Å². The van der Waals surface area contributed by atoms with Gasteiger partial charge in [0.15, 0.2) is 0 Å². The van der Waals surface area contributed by atoms with Crippen LogP contribution in [0.15, 0.2) is 87.6 Å². The molecular formula is C32H34BrN5O2S. The van der Waals surface area contributed by atoms with E-state index in [-0.39, 0.29) is 5.91 Å². The molecule has 1 amide bonds. The second-order valence-corrected chi connectivity index (χ2v) is 12.1. The van der Waals surface area contributed by atoms with Crippen molar-refractivity contribution >= 4 is 45.2 Å². The first-order chi connectivity index (χ1) is 19.8. The summed E-state index contributed by atoms with van der Waals surface area (Å²) in [6, 6.07) is 21.4. The highest BCUT2D eigenvalue weighted by Gasteiger charge is 2.34. The van der Waals surface area contributed by atoms with Crippen LogP contribution in [0.4, 0.5) is 11.6 Å². The predicted molar refractivity (Wildman–Crippen MR) is 170 cm³/mol. The standard InChI is InChI=1S/C32H34BrN5O2S/c1-5-6-18-41-32-36-31-34-22(4)28(30(39)35-27-9-7-8-20(2)21(27)3)29(38(31)37-32)24-12-16-26(17-13-24)40-19-23-10-14-25(33)15-11-23/h7-17,29H,5-6,18-19H2,1-4H3,(H,35,39)(H,34,36,37). The number of hydrogen-bond acceptors (Lipinski definition) is 6. The molecule has 0 bridgehead atoms. The van der Waals surface area contributed by atoms with Crippen molar-refractivity contribution in [2.45, 2.75) is 58.3 Å².